The van der Waals surface area contributed by atoms with Crippen molar-refractivity contribution in [2.24, 2.45) is 0 Å². The number of hydrogen-bond acceptors (Lipinski definition) is 4. The molecule has 0 saturated heterocycles. The average Bonchev–Trinajstić information content (AvgIpc) is 2.54. The molecule has 112 valence electrons. The van der Waals surface area contributed by atoms with Gasteiger partial charge in [0.25, 0.3) is 0 Å². The molecule has 0 unspecified atom stereocenters. The smallest absolute Gasteiger partial charge is 0.122 e. The number of hydrogen-bond donors (Lipinski definition) is 0. The van der Waals surface area contributed by atoms with Crippen LogP contribution in [0.5, 0.6) is 11.5 Å². The first-order valence-electron chi connectivity index (χ1n) is 7.28. The molecule has 4 heteroatoms. The Morgan fingerprint density at radius 2 is 1.36 bits per heavy atom. The van der Waals surface area contributed by atoms with Gasteiger partial charge < -0.3 is 9.47 Å². The molecule has 4 nitrogen and oxygen atoms in total. The van der Waals surface area contributed by atoms with Crippen LogP contribution in [0.4, 0.5) is 0 Å². The Kier molecular flexibility index (Phi) is 4.19. The fourth-order valence-electron chi connectivity index (χ4n) is 2.14. The van der Waals surface area contributed by atoms with Gasteiger partial charge in [0.2, 0.25) is 0 Å². The van der Waals surface area contributed by atoms with Crippen molar-refractivity contribution in [2.75, 3.05) is 13.2 Å². The minimum Gasteiger partial charge on any atom is -0.490 e. The van der Waals surface area contributed by atoms with Crippen molar-refractivity contribution in [3.8, 4) is 11.5 Å². The van der Waals surface area contributed by atoms with Crippen molar-refractivity contribution in [3.05, 3.63) is 59.9 Å². The highest BCUT2D eigenvalue weighted by atomic mass is 16.5. The lowest BCUT2D eigenvalue weighted by Gasteiger charge is -2.09. The third-order valence-corrected chi connectivity index (χ3v) is 3.41. The Hall–Kier alpha value is -2.62. The van der Waals surface area contributed by atoms with Crippen molar-refractivity contribution in [1.29, 1.82) is 0 Å². The Morgan fingerprint density at radius 3 is 2.09 bits per heavy atom. The Bertz CT molecular complexity index is 773. The van der Waals surface area contributed by atoms with Gasteiger partial charge in [-0.05, 0) is 38.1 Å². The summed E-state index contributed by atoms with van der Waals surface area (Å²) in [6.45, 7) is 4.91. The highest BCUT2D eigenvalue weighted by Crippen LogP contribution is 2.19. The first-order valence-corrected chi connectivity index (χ1v) is 7.28. The molecule has 2 aromatic carbocycles. The monoisotopic (exact) mass is 294 g/mol. The van der Waals surface area contributed by atoms with Gasteiger partial charge in [-0.3, -0.25) is 0 Å². The second-order valence-corrected chi connectivity index (χ2v) is 5.05. The van der Waals surface area contributed by atoms with E-state index >= 15 is 0 Å². The molecule has 0 saturated carbocycles. The Morgan fingerprint density at radius 1 is 0.727 bits per heavy atom. The number of para-hydroxylation sites is 1. The summed E-state index contributed by atoms with van der Waals surface area (Å²) in [6, 6.07) is 15.5. The summed E-state index contributed by atoms with van der Waals surface area (Å²) < 4.78 is 11.3. The van der Waals surface area contributed by atoms with Crippen LogP contribution in [0.25, 0.3) is 11.0 Å². The molecular formula is C18H18N2O2. The maximum absolute atomic E-state index is 5.71. The molecule has 0 bridgehead atoms. The minimum atomic E-state index is 0.485. The molecule has 0 radical (unpaired) electrons. The van der Waals surface area contributed by atoms with Gasteiger partial charge in [-0.1, -0.05) is 18.2 Å². The zero-order chi connectivity index (χ0) is 15.4. The van der Waals surface area contributed by atoms with Gasteiger partial charge in [0.15, 0.2) is 0 Å². The SMILES string of the molecule is Cc1nc2ccc(OCCOc3ccccc3)cc2nc1C. The van der Waals surface area contributed by atoms with E-state index in [-0.39, 0.29) is 0 Å². The molecule has 1 heterocycles. The van der Waals surface area contributed by atoms with Crippen molar-refractivity contribution in [1.82, 2.24) is 9.97 Å². The van der Waals surface area contributed by atoms with Gasteiger partial charge in [-0.15, -0.1) is 0 Å². The van der Waals surface area contributed by atoms with Crippen LogP contribution in [-0.4, -0.2) is 23.2 Å². The molecule has 0 aliphatic rings. The van der Waals surface area contributed by atoms with Crippen LogP contribution in [0.2, 0.25) is 0 Å². The second-order valence-electron chi connectivity index (χ2n) is 5.05. The summed E-state index contributed by atoms with van der Waals surface area (Å²) in [5.41, 5.74) is 3.63. The number of fused-ring (bicyclic) bond motifs is 1. The highest BCUT2D eigenvalue weighted by Gasteiger charge is 2.03. The molecular weight excluding hydrogens is 276 g/mol. The fourth-order valence-corrected chi connectivity index (χ4v) is 2.14. The van der Waals surface area contributed by atoms with E-state index in [2.05, 4.69) is 9.97 Å². The van der Waals surface area contributed by atoms with Gasteiger partial charge >= 0.3 is 0 Å². The van der Waals surface area contributed by atoms with Crippen molar-refractivity contribution < 1.29 is 9.47 Å². The van der Waals surface area contributed by atoms with Crippen molar-refractivity contribution >= 4 is 11.0 Å². The van der Waals surface area contributed by atoms with E-state index < -0.39 is 0 Å². The lowest BCUT2D eigenvalue weighted by Crippen LogP contribution is -2.09. The van der Waals surface area contributed by atoms with E-state index in [4.69, 9.17) is 9.47 Å². The second kappa shape index (κ2) is 6.43. The van der Waals surface area contributed by atoms with Gasteiger partial charge in [0.05, 0.1) is 22.4 Å². The first-order chi connectivity index (χ1) is 10.7. The van der Waals surface area contributed by atoms with Crippen LogP contribution in [0.3, 0.4) is 0 Å². The molecule has 22 heavy (non-hydrogen) atoms. The van der Waals surface area contributed by atoms with Gasteiger partial charge in [0.1, 0.15) is 24.7 Å². The number of aromatic nitrogens is 2. The van der Waals surface area contributed by atoms with Crippen LogP contribution in [0.15, 0.2) is 48.5 Å². The van der Waals surface area contributed by atoms with Gasteiger partial charge in [-0.2, -0.15) is 0 Å². The average molecular weight is 294 g/mol. The highest BCUT2D eigenvalue weighted by molar-refractivity contribution is 5.76. The van der Waals surface area contributed by atoms with E-state index in [1.807, 2.05) is 62.4 Å². The lowest BCUT2D eigenvalue weighted by molar-refractivity contribution is 0.217. The Labute approximate surface area is 129 Å². The van der Waals surface area contributed by atoms with Gasteiger partial charge in [0, 0.05) is 6.07 Å². The first kappa shape index (κ1) is 14.3. The zero-order valence-electron chi connectivity index (χ0n) is 12.7. The predicted octanol–water partition coefficient (Wildman–Crippen LogP) is 3.70. The molecule has 0 aliphatic heterocycles. The van der Waals surface area contributed by atoms with Crippen LogP contribution in [0.1, 0.15) is 11.4 Å². The molecule has 0 atom stereocenters. The molecule has 0 N–H and O–H groups in total. The van der Waals surface area contributed by atoms with Crippen LogP contribution in [-0.2, 0) is 0 Å². The van der Waals surface area contributed by atoms with Crippen LogP contribution >= 0.6 is 0 Å². The topological polar surface area (TPSA) is 44.2 Å². The van der Waals surface area contributed by atoms with Crippen molar-refractivity contribution in [3.63, 3.8) is 0 Å². The fraction of sp³-hybridized carbons (Fsp3) is 0.222. The number of aryl methyl sites for hydroxylation is 2. The Balaban J connectivity index is 1.61. The molecule has 0 amide bonds. The number of nitrogens with zero attached hydrogens (tertiary/aromatic N) is 2. The minimum absolute atomic E-state index is 0.485. The quantitative estimate of drug-likeness (QED) is 0.673. The van der Waals surface area contributed by atoms with Gasteiger partial charge in [-0.25, -0.2) is 9.97 Å². The van der Waals surface area contributed by atoms with Crippen molar-refractivity contribution in [2.45, 2.75) is 13.8 Å². The van der Waals surface area contributed by atoms with Crippen LogP contribution in [0, 0.1) is 13.8 Å². The third kappa shape index (κ3) is 3.34. The molecule has 0 spiro atoms. The van der Waals surface area contributed by atoms with E-state index in [0.717, 1.165) is 33.9 Å². The molecule has 1 aromatic heterocycles. The molecule has 0 fully saturated rings. The van der Waals surface area contributed by atoms with Crippen LogP contribution < -0.4 is 9.47 Å². The number of benzene rings is 2. The maximum Gasteiger partial charge on any atom is 0.122 e. The van der Waals surface area contributed by atoms with E-state index in [9.17, 15) is 0 Å². The van der Waals surface area contributed by atoms with E-state index in [0.29, 0.717) is 13.2 Å². The van der Waals surface area contributed by atoms with E-state index in [1.54, 1.807) is 0 Å². The van der Waals surface area contributed by atoms with E-state index in [1.165, 1.54) is 0 Å². The summed E-state index contributed by atoms with van der Waals surface area (Å²) in [4.78, 5) is 9.05. The summed E-state index contributed by atoms with van der Waals surface area (Å²) in [5, 5.41) is 0. The maximum atomic E-state index is 5.71. The summed E-state index contributed by atoms with van der Waals surface area (Å²) in [5.74, 6) is 1.63. The molecule has 3 aromatic rings. The molecule has 0 aliphatic carbocycles. The normalized spacial score (nSPS) is 10.6. The summed E-state index contributed by atoms with van der Waals surface area (Å²) >= 11 is 0. The number of ether oxygens (including phenoxy) is 2. The number of rotatable bonds is 5. The molecule has 3 rings (SSSR count). The standard InChI is InChI=1S/C18H18N2O2/c1-13-14(2)20-18-12-16(8-9-17(18)19-13)22-11-10-21-15-6-4-3-5-7-15/h3-9,12H,10-11H2,1-2H3. The summed E-state index contributed by atoms with van der Waals surface area (Å²) in [6.07, 6.45) is 0. The lowest BCUT2D eigenvalue weighted by atomic mass is 10.2. The zero-order valence-corrected chi connectivity index (χ0v) is 12.7. The summed E-state index contributed by atoms with van der Waals surface area (Å²) in [7, 11) is 0. The predicted molar refractivity (Wildman–Crippen MR) is 86.4 cm³/mol. The third-order valence-electron chi connectivity index (χ3n) is 3.41. The largest absolute Gasteiger partial charge is 0.490 e.